The SMILES string of the molecule is NCC1CCC(c2nc(-c3ccncc3)no2)O1. The lowest BCUT2D eigenvalue weighted by atomic mass is 10.2. The topological polar surface area (TPSA) is 87.1 Å². The van der Waals surface area contributed by atoms with Gasteiger partial charge < -0.3 is 15.0 Å². The van der Waals surface area contributed by atoms with Crippen LogP contribution in [0.1, 0.15) is 24.8 Å². The summed E-state index contributed by atoms with van der Waals surface area (Å²) in [6.07, 6.45) is 5.19. The molecule has 0 aliphatic carbocycles. The first-order valence-corrected chi connectivity index (χ1v) is 5.96. The number of pyridine rings is 1. The molecule has 0 bridgehead atoms. The van der Waals surface area contributed by atoms with Crippen LogP contribution in [0.2, 0.25) is 0 Å². The molecule has 2 aromatic rings. The average Bonchev–Trinajstić information content (AvgIpc) is 3.08. The summed E-state index contributed by atoms with van der Waals surface area (Å²) in [7, 11) is 0. The normalized spacial score (nSPS) is 23.4. The Balaban J connectivity index is 1.78. The summed E-state index contributed by atoms with van der Waals surface area (Å²) in [5.41, 5.74) is 6.45. The Labute approximate surface area is 104 Å². The van der Waals surface area contributed by atoms with Crippen LogP contribution in [0.3, 0.4) is 0 Å². The molecule has 1 aliphatic rings. The molecule has 0 amide bonds. The summed E-state index contributed by atoms with van der Waals surface area (Å²) in [5.74, 6) is 1.09. The van der Waals surface area contributed by atoms with Crippen molar-refractivity contribution in [1.82, 2.24) is 15.1 Å². The first kappa shape index (κ1) is 11.3. The van der Waals surface area contributed by atoms with Gasteiger partial charge >= 0.3 is 0 Å². The maximum absolute atomic E-state index is 5.71. The molecular weight excluding hydrogens is 232 g/mol. The van der Waals surface area contributed by atoms with Crippen molar-refractivity contribution in [3.63, 3.8) is 0 Å². The van der Waals surface area contributed by atoms with Gasteiger partial charge in [0.15, 0.2) is 0 Å². The molecule has 1 aliphatic heterocycles. The third-order valence-corrected chi connectivity index (χ3v) is 3.03. The third kappa shape index (κ3) is 2.12. The van der Waals surface area contributed by atoms with E-state index in [0.717, 1.165) is 18.4 Å². The Kier molecular flexibility index (Phi) is 3.04. The second-order valence-corrected chi connectivity index (χ2v) is 4.25. The molecule has 1 fully saturated rings. The number of ether oxygens (including phenoxy) is 1. The van der Waals surface area contributed by atoms with E-state index < -0.39 is 0 Å². The number of hydrogen-bond donors (Lipinski definition) is 1. The van der Waals surface area contributed by atoms with E-state index in [1.807, 2.05) is 12.1 Å². The van der Waals surface area contributed by atoms with Gasteiger partial charge in [0.2, 0.25) is 5.82 Å². The summed E-state index contributed by atoms with van der Waals surface area (Å²) >= 11 is 0. The summed E-state index contributed by atoms with van der Waals surface area (Å²) in [5, 5.41) is 3.96. The molecule has 2 atom stereocenters. The maximum atomic E-state index is 5.71. The molecular formula is C12H14N4O2. The van der Waals surface area contributed by atoms with Crippen molar-refractivity contribution >= 4 is 0 Å². The number of hydrogen-bond acceptors (Lipinski definition) is 6. The quantitative estimate of drug-likeness (QED) is 0.878. The van der Waals surface area contributed by atoms with Crippen molar-refractivity contribution in [2.45, 2.75) is 25.0 Å². The lowest BCUT2D eigenvalue weighted by Crippen LogP contribution is -2.18. The van der Waals surface area contributed by atoms with Gasteiger partial charge in [0, 0.05) is 24.5 Å². The Morgan fingerprint density at radius 1 is 1.28 bits per heavy atom. The summed E-state index contributed by atoms with van der Waals surface area (Å²) in [6.45, 7) is 0.530. The van der Waals surface area contributed by atoms with Crippen LogP contribution in [-0.2, 0) is 4.74 Å². The largest absolute Gasteiger partial charge is 0.364 e. The first-order valence-electron chi connectivity index (χ1n) is 5.96. The molecule has 2 unspecified atom stereocenters. The van der Waals surface area contributed by atoms with E-state index >= 15 is 0 Å². The molecule has 2 N–H and O–H groups in total. The molecule has 0 spiro atoms. The van der Waals surface area contributed by atoms with Gasteiger partial charge in [0.25, 0.3) is 5.89 Å². The standard InChI is InChI=1S/C12H14N4O2/c13-7-9-1-2-10(17-9)12-15-11(16-18-12)8-3-5-14-6-4-8/h3-6,9-10H,1-2,7,13H2. The molecule has 3 heterocycles. The molecule has 1 saturated heterocycles. The van der Waals surface area contributed by atoms with E-state index in [1.165, 1.54) is 0 Å². The van der Waals surface area contributed by atoms with Crippen LogP contribution in [0.25, 0.3) is 11.4 Å². The minimum Gasteiger partial charge on any atom is -0.364 e. The van der Waals surface area contributed by atoms with Gasteiger partial charge in [-0.1, -0.05) is 5.16 Å². The van der Waals surface area contributed by atoms with E-state index in [0.29, 0.717) is 18.3 Å². The van der Waals surface area contributed by atoms with Crippen LogP contribution in [-0.4, -0.2) is 27.8 Å². The first-order chi connectivity index (χ1) is 8.86. The Morgan fingerprint density at radius 2 is 2.11 bits per heavy atom. The molecule has 6 heteroatoms. The van der Waals surface area contributed by atoms with Crippen LogP contribution in [0.4, 0.5) is 0 Å². The highest BCUT2D eigenvalue weighted by atomic mass is 16.5. The Bertz CT molecular complexity index is 514. The van der Waals surface area contributed by atoms with Gasteiger partial charge in [-0.05, 0) is 25.0 Å². The minimum absolute atomic E-state index is 0.103. The van der Waals surface area contributed by atoms with Gasteiger partial charge in [-0.15, -0.1) is 0 Å². The molecule has 0 radical (unpaired) electrons. The Morgan fingerprint density at radius 3 is 2.83 bits per heavy atom. The van der Waals surface area contributed by atoms with Gasteiger partial charge in [-0.25, -0.2) is 0 Å². The highest BCUT2D eigenvalue weighted by molar-refractivity contribution is 5.52. The van der Waals surface area contributed by atoms with Crippen molar-refractivity contribution in [3.05, 3.63) is 30.4 Å². The van der Waals surface area contributed by atoms with Crippen molar-refractivity contribution < 1.29 is 9.26 Å². The summed E-state index contributed by atoms with van der Waals surface area (Å²) in [4.78, 5) is 8.31. The molecule has 6 nitrogen and oxygen atoms in total. The summed E-state index contributed by atoms with van der Waals surface area (Å²) < 4.78 is 11.0. The van der Waals surface area contributed by atoms with Crippen molar-refractivity contribution in [1.29, 1.82) is 0 Å². The molecule has 0 aromatic carbocycles. The predicted molar refractivity (Wildman–Crippen MR) is 63.4 cm³/mol. The molecule has 18 heavy (non-hydrogen) atoms. The molecule has 3 rings (SSSR count). The highest BCUT2D eigenvalue weighted by Crippen LogP contribution is 2.32. The van der Waals surface area contributed by atoms with E-state index in [-0.39, 0.29) is 12.2 Å². The number of nitrogens with two attached hydrogens (primary N) is 1. The van der Waals surface area contributed by atoms with Gasteiger partial charge in [0.1, 0.15) is 6.10 Å². The van der Waals surface area contributed by atoms with Crippen LogP contribution < -0.4 is 5.73 Å². The van der Waals surface area contributed by atoms with Gasteiger partial charge in [0.05, 0.1) is 6.10 Å². The highest BCUT2D eigenvalue weighted by Gasteiger charge is 2.29. The fourth-order valence-corrected chi connectivity index (χ4v) is 2.04. The zero-order valence-electron chi connectivity index (χ0n) is 9.82. The van der Waals surface area contributed by atoms with Crippen LogP contribution in [0, 0.1) is 0 Å². The number of aromatic nitrogens is 3. The van der Waals surface area contributed by atoms with E-state index in [1.54, 1.807) is 12.4 Å². The van der Waals surface area contributed by atoms with Gasteiger partial charge in [-0.3, -0.25) is 4.98 Å². The Hall–Kier alpha value is -1.79. The van der Waals surface area contributed by atoms with Crippen molar-refractivity contribution in [2.24, 2.45) is 5.73 Å². The number of rotatable bonds is 3. The smallest absolute Gasteiger partial charge is 0.256 e. The van der Waals surface area contributed by atoms with Crippen LogP contribution in [0.5, 0.6) is 0 Å². The van der Waals surface area contributed by atoms with Crippen LogP contribution in [0.15, 0.2) is 29.0 Å². The lowest BCUT2D eigenvalue weighted by molar-refractivity contribution is 0.0307. The third-order valence-electron chi connectivity index (χ3n) is 3.03. The second kappa shape index (κ2) is 4.83. The average molecular weight is 246 g/mol. The predicted octanol–water partition coefficient (Wildman–Crippen LogP) is 1.31. The molecule has 2 aromatic heterocycles. The molecule has 0 saturated carbocycles. The minimum atomic E-state index is -0.123. The zero-order chi connectivity index (χ0) is 12.4. The van der Waals surface area contributed by atoms with E-state index in [2.05, 4.69) is 15.1 Å². The molecule has 94 valence electrons. The fourth-order valence-electron chi connectivity index (χ4n) is 2.04. The number of nitrogens with zero attached hydrogens (tertiary/aromatic N) is 3. The monoisotopic (exact) mass is 246 g/mol. The zero-order valence-corrected chi connectivity index (χ0v) is 9.82. The van der Waals surface area contributed by atoms with E-state index in [4.69, 9.17) is 15.0 Å². The van der Waals surface area contributed by atoms with Crippen molar-refractivity contribution in [2.75, 3.05) is 6.54 Å². The lowest BCUT2D eigenvalue weighted by Gasteiger charge is -2.07. The van der Waals surface area contributed by atoms with Crippen molar-refractivity contribution in [3.8, 4) is 11.4 Å². The maximum Gasteiger partial charge on any atom is 0.256 e. The summed E-state index contributed by atoms with van der Waals surface area (Å²) in [6, 6.07) is 3.68. The fraction of sp³-hybridized carbons (Fsp3) is 0.417. The second-order valence-electron chi connectivity index (χ2n) is 4.25. The van der Waals surface area contributed by atoms with Crippen LogP contribution >= 0.6 is 0 Å². The van der Waals surface area contributed by atoms with E-state index in [9.17, 15) is 0 Å². The van der Waals surface area contributed by atoms with Gasteiger partial charge in [-0.2, -0.15) is 4.98 Å².